The van der Waals surface area contributed by atoms with Crippen LogP contribution in [0.3, 0.4) is 0 Å². The van der Waals surface area contributed by atoms with Gasteiger partial charge < -0.3 is 5.32 Å². The first-order chi connectivity index (χ1) is 8.65. The molecule has 0 aliphatic heterocycles. The second kappa shape index (κ2) is 5.69. The zero-order valence-electron chi connectivity index (χ0n) is 10.1. The number of anilines is 1. The maximum atomic E-state index is 11.5. The Morgan fingerprint density at radius 2 is 2.06 bits per heavy atom. The van der Waals surface area contributed by atoms with Crippen molar-refractivity contribution in [2.45, 2.75) is 13.5 Å². The molecule has 5 heteroatoms. The molecule has 2 aromatic rings. The maximum absolute atomic E-state index is 11.5. The first-order valence-electron chi connectivity index (χ1n) is 5.68. The van der Waals surface area contributed by atoms with Crippen molar-refractivity contribution < 1.29 is 0 Å². The summed E-state index contributed by atoms with van der Waals surface area (Å²) >= 11 is 5.80. The molecule has 1 aromatic carbocycles. The lowest BCUT2D eigenvalue weighted by Crippen LogP contribution is -2.25. The summed E-state index contributed by atoms with van der Waals surface area (Å²) < 4.78 is 1.60. The van der Waals surface area contributed by atoms with Gasteiger partial charge in [0.2, 0.25) is 0 Å². The van der Waals surface area contributed by atoms with E-state index in [0.29, 0.717) is 18.1 Å². The highest BCUT2D eigenvalue weighted by Crippen LogP contribution is 2.12. The van der Waals surface area contributed by atoms with Gasteiger partial charge in [-0.1, -0.05) is 11.6 Å². The molecule has 18 heavy (non-hydrogen) atoms. The lowest BCUT2D eigenvalue weighted by Gasteiger charge is -2.08. The fourth-order valence-electron chi connectivity index (χ4n) is 1.61. The van der Waals surface area contributed by atoms with Gasteiger partial charge in [-0.15, -0.1) is 0 Å². The molecule has 0 amide bonds. The van der Waals surface area contributed by atoms with Gasteiger partial charge in [0, 0.05) is 36.2 Å². The Morgan fingerprint density at radius 1 is 1.33 bits per heavy atom. The van der Waals surface area contributed by atoms with Gasteiger partial charge in [-0.3, -0.25) is 4.57 Å². The van der Waals surface area contributed by atoms with Crippen LogP contribution >= 0.6 is 11.6 Å². The zero-order valence-corrected chi connectivity index (χ0v) is 10.8. The van der Waals surface area contributed by atoms with E-state index in [2.05, 4.69) is 10.3 Å². The van der Waals surface area contributed by atoms with Gasteiger partial charge in [-0.25, -0.2) is 9.78 Å². The van der Waals surface area contributed by atoms with Crippen molar-refractivity contribution in [1.29, 1.82) is 0 Å². The fraction of sp³-hybridized carbons (Fsp3) is 0.231. The molecule has 1 N–H and O–H groups in total. The monoisotopic (exact) mass is 263 g/mol. The Balaban J connectivity index is 1.94. The number of aromatic nitrogens is 2. The van der Waals surface area contributed by atoms with E-state index < -0.39 is 0 Å². The maximum Gasteiger partial charge on any atom is 0.347 e. The number of rotatable bonds is 4. The molecule has 0 saturated carbocycles. The fourth-order valence-corrected chi connectivity index (χ4v) is 1.74. The van der Waals surface area contributed by atoms with Crippen molar-refractivity contribution in [2.75, 3.05) is 11.9 Å². The smallest absolute Gasteiger partial charge is 0.347 e. The van der Waals surface area contributed by atoms with Gasteiger partial charge in [0.1, 0.15) is 0 Å². The third-order valence-corrected chi connectivity index (χ3v) is 2.76. The highest BCUT2D eigenvalue weighted by atomic mass is 35.5. The number of hydrogen-bond donors (Lipinski definition) is 1. The minimum atomic E-state index is -0.224. The molecular formula is C13H14ClN3O. The summed E-state index contributed by atoms with van der Waals surface area (Å²) in [6.07, 6.45) is 3.38. The lowest BCUT2D eigenvalue weighted by molar-refractivity contribution is 0.669. The molecule has 0 bridgehead atoms. The molecule has 0 aliphatic carbocycles. The molecule has 0 atom stereocenters. The molecule has 0 radical (unpaired) electrons. The van der Waals surface area contributed by atoms with Crippen LogP contribution in [-0.2, 0) is 6.54 Å². The van der Waals surface area contributed by atoms with Crippen LogP contribution in [0.4, 0.5) is 5.69 Å². The summed E-state index contributed by atoms with van der Waals surface area (Å²) in [5.41, 5.74) is 1.73. The lowest BCUT2D eigenvalue weighted by atomic mass is 10.3. The van der Waals surface area contributed by atoms with Crippen LogP contribution < -0.4 is 11.0 Å². The van der Waals surface area contributed by atoms with E-state index in [4.69, 9.17) is 11.6 Å². The zero-order chi connectivity index (χ0) is 13.0. The Bertz CT molecular complexity index is 578. The summed E-state index contributed by atoms with van der Waals surface area (Å²) in [5.74, 6) is 0. The molecule has 94 valence electrons. The average Bonchev–Trinajstić information content (AvgIpc) is 2.36. The van der Waals surface area contributed by atoms with Crippen molar-refractivity contribution in [3.8, 4) is 0 Å². The van der Waals surface area contributed by atoms with Gasteiger partial charge in [-0.05, 0) is 36.8 Å². The van der Waals surface area contributed by atoms with E-state index in [1.54, 1.807) is 17.0 Å². The normalized spacial score (nSPS) is 10.3. The quantitative estimate of drug-likeness (QED) is 0.921. The van der Waals surface area contributed by atoms with Gasteiger partial charge in [-0.2, -0.15) is 0 Å². The van der Waals surface area contributed by atoms with Crippen LogP contribution in [-0.4, -0.2) is 16.1 Å². The van der Waals surface area contributed by atoms with Crippen LogP contribution in [0.2, 0.25) is 5.02 Å². The van der Waals surface area contributed by atoms with Gasteiger partial charge in [0.05, 0.1) is 0 Å². The molecule has 4 nitrogen and oxygen atoms in total. The minimum absolute atomic E-state index is 0.224. The van der Waals surface area contributed by atoms with E-state index in [-0.39, 0.29) is 5.69 Å². The SMILES string of the molecule is Cc1cnc(=O)n(CCNc2ccc(Cl)cc2)c1. The molecule has 0 aliphatic rings. The topological polar surface area (TPSA) is 46.9 Å². The molecule has 1 aromatic heterocycles. The number of aryl methyl sites for hydroxylation is 1. The van der Waals surface area contributed by atoms with Crippen molar-refractivity contribution >= 4 is 17.3 Å². The van der Waals surface area contributed by atoms with Crippen LogP contribution in [0.5, 0.6) is 0 Å². The number of nitrogens with one attached hydrogen (secondary N) is 1. The third kappa shape index (κ3) is 3.34. The summed E-state index contributed by atoms with van der Waals surface area (Å²) in [5, 5.41) is 3.93. The number of halogens is 1. The Kier molecular flexibility index (Phi) is 3.99. The van der Waals surface area contributed by atoms with E-state index >= 15 is 0 Å². The largest absolute Gasteiger partial charge is 0.383 e. The first kappa shape index (κ1) is 12.6. The second-order valence-corrected chi connectivity index (χ2v) is 4.48. The van der Waals surface area contributed by atoms with Crippen LogP contribution in [0.1, 0.15) is 5.56 Å². The summed E-state index contributed by atoms with van der Waals surface area (Å²) in [4.78, 5) is 15.2. The minimum Gasteiger partial charge on any atom is -0.383 e. The highest BCUT2D eigenvalue weighted by molar-refractivity contribution is 6.30. The summed E-state index contributed by atoms with van der Waals surface area (Å²) in [7, 11) is 0. The van der Waals surface area contributed by atoms with Gasteiger partial charge >= 0.3 is 5.69 Å². The van der Waals surface area contributed by atoms with Crippen molar-refractivity contribution in [3.63, 3.8) is 0 Å². The van der Waals surface area contributed by atoms with E-state index in [1.165, 1.54) is 0 Å². The molecule has 0 unspecified atom stereocenters. The Hall–Kier alpha value is -1.81. The molecule has 0 spiro atoms. The number of hydrogen-bond acceptors (Lipinski definition) is 3. The van der Waals surface area contributed by atoms with Crippen LogP contribution in [0, 0.1) is 6.92 Å². The molecule has 2 rings (SSSR count). The van der Waals surface area contributed by atoms with Crippen molar-refractivity contribution in [2.24, 2.45) is 0 Å². The third-order valence-electron chi connectivity index (χ3n) is 2.51. The molecular weight excluding hydrogens is 250 g/mol. The summed E-state index contributed by atoms with van der Waals surface area (Å²) in [6.45, 7) is 3.15. The van der Waals surface area contributed by atoms with Crippen LogP contribution in [0.25, 0.3) is 0 Å². The Labute approximate surface area is 110 Å². The first-order valence-corrected chi connectivity index (χ1v) is 6.05. The Morgan fingerprint density at radius 3 is 2.78 bits per heavy atom. The van der Waals surface area contributed by atoms with E-state index in [1.807, 2.05) is 31.2 Å². The summed E-state index contributed by atoms with van der Waals surface area (Å²) in [6, 6.07) is 7.45. The van der Waals surface area contributed by atoms with Gasteiger partial charge in [0.25, 0.3) is 0 Å². The highest BCUT2D eigenvalue weighted by Gasteiger charge is 1.97. The second-order valence-electron chi connectivity index (χ2n) is 4.04. The number of benzene rings is 1. The predicted octanol–water partition coefficient (Wildman–Crippen LogP) is 2.32. The average molecular weight is 264 g/mol. The van der Waals surface area contributed by atoms with Crippen LogP contribution in [0.15, 0.2) is 41.5 Å². The van der Waals surface area contributed by atoms with E-state index in [9.17, 15) is 4.79 Å². The number of nitrogens with zero attached hydrogens (tertiary/aromatic N) is 2. The van der Waals surface area contributed by atoms with Crippen molar-refractivity contribution in [3.05, 3.63) is 57.7 Å². The standard InChI is InChI=1S/C13H14ClN3O/c1-10-8-16-13(18)17(9-10)7-6-15-12-4-2-11(14)3-5-12/h2-5,8-9,15H,6-7H2,1H3. The molecule has 0 saturated heterocycles. The predicted molar refractivity (Wildman–Crippen MR) is 73.2 cm³/mol. The molecule has 1 heterocycles. The van der Waals surface area contributed by atoms with E-state index in [0.717, 1.165) is 11.3 Å². The van der Waals surface area contributed by atoms with Gasteiger partial charge in [0.15, 0.2) is 0 Å². The van der Waals surface area contributed by atoms with Crippen molar-refractivity contribution in [1.82, 2.24) is 9.55 Å². The molecule has 0 fully saturated rings.